The molecule has 0 saturated carbocycles. The lowest BCUT2D eigenvalue weighted by Gasteiger charge is -2.05. The molecule has 5 aromatic rings. The normalized spacial score (nSPS) is 10.8. The Morgan fingerprint density at radius 1 is 0.567 bits per heavy atom. The topological polar surface area (TPSA) is 30.7 Å². The molecule has 30 heavy (non-hydrogen) atoms. The van der Waals surface area contributed by atoms with Crippen LogP contribution in [0.1, 0.15) is 0 Å². The van der Waals surface area contributed by atoms with Crippen molar-refractivity contribution in [3.63, 3.8) is 0 Å². The summed E-state index contributed by atoms with van der Waals surface area (Å²) in [5.41, 5.74) is 4.68. The molecule has 0 aliphatic carbocycles. The molecule has 1 aromatic heterocycles. The Morgan fingerprint density at radius 3 is 1.93 bits per heavy atom. The fraction of sp³-hybridized carbons (Fsp3) is 0. The summed E-state index contributed by atoms with van der Waals surface area (Å²) in [5, 5.41) is 4.74. The summed E-state index contributed by atoms with van der Waals surface area (Å²) in [6.07, 6.45) is 0. The Kier molecular flexibility index (Phi) is 4.66. The summed E-state index contributed by atoms with van der Waals surface area (Å²) in [7, 11) is 0. The first kappa shape index (κ1) is 18.0. The van der Waals surface area contributed by atoms with E-state index in [1.54, 1.807) is 10.7 Å². The molecule has 0 bridgehead atoms. The zero-order valence-electron chi connectivity index (χ0n) is 16.1. The molecular formula is C26H18FN3. The second kappa shape index (κ2) is 7.76. The number of rotatable bonds is 4. The average molecular weight is 391 g/mol. The van der Waals surface area contributed by atoms with Crippen LogP contribution in [0.3, 0.4) is 0 Å². The Labute approximate surface area is 174 Å². The molecule has 0 aliphatic rings. The van der Waals surface area contributed by atoms with E-state index in [9.17, 15) is 4.39 Å². The van der Waals surface area contributed by atoms with Gasteiger partial charge in [0.25, 0.3) is 0 Å². The zero-order valence-corrected chi connectivity index (χ0v) is 16.1. The van der Waals surface area contributed by atoms with E-state index in [0.29, 0.717) is 17.3 Å². The molecule has 0 radical (unpaired) electrons. The van der Waals surface area contributed by atoms with E-state index in [1.165, 1.54) is 12.1 Å². The van der Waals surface area contributed by atoms with Crippen molar-refractivity contribution < 1.29 is 4.39 Å². The van der Waals surface area contributed by atoms with Gasteiger partial charge in [0.15, 0.2) is 11.6 Å². The molecule has 0 fully saturated rings. The third kappa shape index (κ3) is 3.51. The van der Waals surface area contributed by atoms with Gasteiger partial charge in [0.2, 0.25) is 0 Å². The van der Waals surface area contributed by atoms with Gasteiger partial charge in [0, 0.05) is 11.1 Å². The van der Waals surface area contributed by atoms with Crippen LogP contribution in [0.25, 0.3) is 39.6 Å². The lowest BCUT2D eigenvalue weighted by atomic mass is 10.0. The quantitative estimate of drug-likeness (QED) is 0.354. The van der Waals surface area contributed by atoms with Crippen LogP contribution < -0.4 is 0 Å². The van der Waals surface area contributed by atoms with Crippen LogP contribution in [0.15, 0.2) is 109 Å². The predicted octanol–water partition coefficient (Wildman–Crippen LogP) is 6.41. The number of hydrogen-bond acceptors (Lipinski definition) is 2. The van der Waals surface area contributed by atoms with Gasteiger partial charge in [-0.3, -0.25) is 0 Å². The molecule has 0 unspecified atom stereocenters. The van der Waals surface area contributed by atoms with E-state index >= 15 is 0 Å². The second-order valence-electron chi connectivity index (χ2n) is 6.96. The monoisotopic (exact) mass is 391 g/mol. The first-order chi connectivity index (χ1) is 14.8. The first-order valence-electron chi connectivity index (χ1n) is 9.72. The largest absolute Gasteiger partial charge is 0.213 e. The Hall–Kier alpha value is -4.05. The molecule has 1 heterocycles. The van der Waals surface area contributed by atoms with Crippen LogP contribution in [0.5, 0.6) is 0 Å². The van der Waals surface area contributed by atoms with Gasteiger partial charge in [-0.2, -0.15) is 0 Å². The highest BCUT2D eigenvalue weighted by atomic mass is 19.1. The van der Waals surface area contributed by atoms with E-state index in [2.05, 4.69) is 24.3 Å². The summed E-state index contributed by atoms with van der Waals surface area (Å²) < 4.78 is 15.6. The van der Waals surface area contributed by atoms with Gasteiger partial charge in [-0.1, -0.05) is 84.9 Å². The molecule has 3 nitrogen and oxygen atoms in total. The minimum absolute atomic E-state index is 0.311. The van der Waals surface area contributed by atoms with E-state index in [4.69, 9.17) is 10.1 Å². The molecule has 0 N–H and O–H groups in total. The van der Waals surface area contributed by atoms with E-state index in [1.807, 2.05) is 66.7 Å². The second-order valence-corrected chi connectivity index (χ2v) is 6.96. The van der Waals surface area contributed by atoms with Gasteiger partial charge in [-0.25, -0.2) is 14.1 Å². The minimum atomic E-state index is -0.311. The highest BCUT2D eigenvalue weighted by molar-refractivity contribution is 5.71. The fourth-order valence-corrected chi connectivity index (χ4v) is 3.46. The third-order valence-corrected chi connectivity index (χ3v) is 4.92. The first-order valence-corrected chi connectivity index (χ1v) is 9.72. The Morgan fingerprint density at radius 2 is 1.20 bits per heavy atom. The van der Waals surface area contributed by atoms with Crippen molar-refractivity contribution in [1.29, 1.82) is 0 Å². The Balaban J connectivity index is 1.66. The lowest BCUT2D eigenvalue weighted by molar-refractivity contribution is 0.625. The van der Waals surface area contributed by atoms with Crippen LogP contribution in [0, 0.1) is 5.82 Å². The molecule has 0 atom stereocenters. The summed E-state index contributed by atoms with van der Waals surface area (Å²) in [6.45, 7) is 0. The maximum absolute atomic E-state index is 13.9. The van der Waals surface area contributed by atoms with Crippen LogP contribution in [0.4, 0.5) is 4.39 Å². The van der Waals surface area contributed by atoms with E-state index in [-0.39, 0.29) is 5.82 Å². The number of nitrogens with zero attached hydrogens (tertiary/aromatic N) is 3. The smallest absolute Gasteiger partial charge is 0.182 e. The van der Waals surface area contributed by atoms with Gasteiger partial charge in [0.1, 0.15) is 5.82 Å². The molecule has 5 rings (SSSR count). The summed E-state index contributed by atoms with van der Waals surface area (Å²) in [4.78, 5) is 4.82. The van der Waals surface area contributed by atoms with Crippen molar-refractivity contribution >= 4 is 0 Å². The molecule has 4 heteroatoms. The lowest BCUT2D eigenvalue weighted by Crippen LogP contribution is -2.00. The van der Waals surface area contributed by atoms with Gasteiger partial charge in [0.05, 0.1) is 5.69 Å². The van der Waals surface area contributed by atoms with Gasteiger partial charge >= 0.3 is 0 Å². The van der Waals surface area contributed by atoms with Crippen LogP contribution in [-0.4, -0.2) is 14.8 Å². The summed E-state index contributed by atoms with van der Waals surface area (Å²) in [6, 6.07) is 34.5. The maximum Gasteiger partial charge on any atom is 0.182 e. The number of benzene rings is 4. The Bertz CT molecular complexity index is 1290. The van der Waals surface area contributed by atoms with Crippen LogP contribution in [-0.2, 0) is 0 Å². The summed E-state index contributed by atoms with van der Waals surface area (Å²) >= 11 is 0. The third-order valence-electron chi connectivity index (χ3n) is 4.92. The van der Waals surface area contributed by atoms with Crippen molar-refractivity contribution in [2.24, 2.45) is 0 Å². The number of hydrogen-bond donors (Lipinski definition) is 0. The van der Waals surface area contributed by atoms with Crippen LogP contribution in [0.2, 0.25) is 0 Å². The zero-order chi connectivity index (χ0) is 20.3. The molecule has 0 amide bonds. The van der Waals surface area contributed by atoms with E-state index < -0.39 is 0 Å². The predicted molar refractivity (Wildman–Crippen MR) is 118 cm³/mol. The average Bonchev–Trinajstić information content (AvgIpc) is 3.26. The minimum Gasteiger partial charge on any atom is -0.213 e. The molecule has 0 spiro atoms. The van der Waals surface area contributed by atoms with Gasteiger partial charge in [-0.15, -0.1) is 5.10 Å². The molecule has 0 aliphatic heterocycles. The molecule has 4 aromatic carbocycles. The van der Waals surface area contributed by atoms with Crippen molar-refractivity contribution in [3.8, 4) is 39.6 Å². The molecular weight excluding hydrogens is 373 g/mol. The molecule has 0 saturated heterocycles. The highest BCUT2D eigenvalue weighted by Gasteiger charge is 2.15. The van der Waals surface area contributed by atoms with Gasteiger partial charge in [-0.05, 0) is 35.4 Å². The van der Waals surface area contributed by atoms with Crippen molar-refractivity contribution in [2.45, 2.75) is 0 Å². The number of halogens is 1. The SMILES string of the molecule is Fc1cccc(-n2nc(-c3cccc(-c4ccccc4)c3)nc2-c2ccccc2)c1. The van der Waals surface area contributed by atoms with Crippen molar-refractivity contribution in [1.82, 2.24) is 14.8 Å². The molecule has 144 valence electrons. The van der Waals surface area contributed by atoms with Gasteiger partial charge < -0.3 is 0 Å². The summed E-state index contributed by atoms with van der Waals surface area (Å²) in [5.74, 6) is 0.951. The van der Waals surface area contributed by atoms with E-state index in [0.717, 1.165) is 22.3 Å². The van der Waals surface area contributed by atoms with Crippen molar-refractivity contribution in [3.05, 3.63) is 115 Å². The number of aromatic nitrogens is 3. The van der Waals surface area contributed by atoms with Crippen LogP contribution >= 0.6 is 0 Å². The fourth-order valence-electron chi connectivity index (χ4n) is 3.46. The van der Waals surface area contributed by atoms with Crippen molar-refractivity contribution in [2.75, 3.05) is 0 Å². The standard InChI is InChI=1S/C26H18FN3/c27-23-15-8-16-24(18-23)30-26(20-11-5-2-6-12-20)28-25(29-30)22-14-7-13-21(17-22)19-9-3-1-4-10-19/h1-18H. The maximum atomic E-state index is 13.9. The highest BCUT2D eigenvalue weighted by Crippen LogP contribution is 2.28.